The maximum atomic E-state index is 11.5. The van der Waals surface area contributed by atoms with E-state index in [-0.39, 0.29) is 6.42 Å². The van der Waals surface area contributed by atoms with Crippen LogP contribution in [0.25, 0.3) is 0 Å². The van der Waals surface area contributed by atoms with Crippen molar-refractivity contribution in [2.75, 3.05) is 0 Å². The number of halogens is 1. The summed E-state index contributed by atoms with van der Waals surface area (Å²) in [5.74, 6) is -1.11. The number of hydrogen-bond donors (Lipinski definition) is 4. The Labute approximate surface area is 124 Å². The summed E-state index contributed by atoms with van der Waals surface area (Å²) in [5, 5.41) is 8.75. The van der Waals surface area contributed by atoms with Gasteiger partial charge >= 0.3 is 13.6 Å². The first-order valence-corrected chi connectivity index (χ1v) is 8.07. The number of hydrogen-bond acceptors (Lipinski definition) is 3. The van der Waals surface area contributed by atoms with Crippen LogP contribution in [0.15, 0.2) is 24.3 Å². The van der Waals surface area contributed by atoms with Crippen LogP contribution in [0, 0.1) is 0 Å². The molecule has 5 N–H and O–H groups in total. The van der Waals surface area contributed by atoms with Crippen molar-refractivity contribution in [1.82, 2.24) is 0 Å². The molecule has 0 aliphatic heterocycles. The molecule has 2 atom stereocenters. The van der Waals surface area contributed by atoms with Gasteiger partial charge in [-0.1, -0.05) is 46.9 Å². The Balaban J connectivity index is 3.08. The summed E-state index contributed by atoms with van der Waals surface area (Å²) in [7, 11) is -4.32. The summed E-state index contributed by atoms with van der Waals surface area (Å²) in [5.41, 5.74) is 6.51. The van der Waals surface area contributed by atoms with Crippen molar-refractivity contribution >= 4 is 36.2 Å². The van der Waals surface area contributed by atoms with Gasteiger partial charge in [0.1, 0.15) is 9.20 Å². The number of alkyl halides is 1. The van der Waals surface area contributed by atoms with Gasteiger partial charge in [0.05, 0.1) is 0 Å². The Morgan fingerprint density at radius 1 is 1.53 bits per heavy atom. The predicted octanol–water partition coefficient (Wildman–Crippen LogP) is 1.43. The molecule has 0 aliphatic rings. The summed E-state index contributed by atoms with van der Waals surface area (Å²) in [4.78, 5) is 29.4. The molecule has 6 nitrogen and oxygen atoms in total. The Morgan fingerprint density at radius 3 is 2.58 bits per heavy atom. The maximum absolute atomic E-state index is 11.5. The predicted molar refractivity (Wildman–Crippen MR) is 79.2 cm³/mol. The van der Waals surface area contributed by atoms with E-state index in [0.717, 1.165) is 0 Å². The summed E-state index contributed by atoms with van der Waals surface area (Å²) in [6.07, 6.45) is 0.108. The van der Waals surface area contributed by atoms with Crippen LogP contribution in [-0.2, 0) is 18.9 Å². The zero-order chi connectivity index (χ0) is 14.8. The van der Waals surface area contributed by atoms with Crippen LogP contribution in [0.3, 0.4) is 0 Å². The lowest BCUT2D eigenvalue weighted by atomic mass is 10.0. The van der Waals surface area contributed by atoms with Crippen LogP contribution in [0.5, 0.6) is 0 Å². The minimum absolute atomic E-state index is 0.108. The molecule has 1 rings (SSSR count). The maximum Gasteiger partial charge on any atom is 0.345 e. The fourth-order valence-electron chi connectivity index (χ4n) is 1.49. The van der Waals surface area contributed by atoms with Crippen LogP contribution >= 0.6 is 30.2 Å². The molecule has 19 heavy (non-hydrogen) atoms. The van der Waals surface area contributed by atoms with Gasteiger partial charge in [0, 0.05) is 0 Å². The van der Waals surface area contributed by atoms with Crippen LogP contribution < -0.4 is 5.73 Å². The van der Waals surface area contributed by atoms with Crippen molar-refractivity contribution in [2.24, 2.45) is 5.73 Å². The monoisotopic (exact) mass is 399 g/mol. The molecule has 0 heterocycles. The molecule has 0 aliphatic carbocycles. The fourth-order valence-corrected chi connectivity index (χ4v) is 2.30. The quantitative estimate of drug-likeness (QED) is 0.338. The van der Waals surface area contributed by atoms with Crippen LogP contribution in [0.4, 0.5) is 0 Å². The summed E-state index contributed by atoms with van der Waals surface area (Å²) in [6, 6.07) is 5.45. The molecule has 1 aromatic rings. The van der Waals surface area contributed by atoms with E-state index in [0.29, 0.717) is 11.1 Å². The van der Waals surface area contributed by atoms with E-state index in [1.165, 1.54) is 6.92 Å². The molecule has 8 heteroatoms. The van der Waals surface area contributed by atoms with Crippen molar-refractivity contribution in [3.05, 3.63) is 35.4 Å². The van der Waals surface area contributed by atoms with Crippen molar-refractivity contribution in [3.63, 3.8) is 0 Å². The number of nitrogens with two attached hydrogens (primary N) is 1. The Hall–Kier alpha value is -0.470. The van der Waals surface area contributed by atoms with E-state index in [1.807, 2.05) is 0 Å². The third-order valence-corrected chi connectivity index (χ3v) is 6.63. The number of rotatable bonds is 5. The third kappa shape index (κ3) is 4.00. The molecule has 0 amide bonds. The average Bonchev–Trinajstić information content (AvgIpc) is 2.27. The molecule has 1 aromatic carbocycles. The van der Waals surface area contributed by atoms with Crippen molar-refractivity contribution in [2.45, 2.75) is 22.5 Å². The minimum atomic E-state index is -4.32. The van der Waals surface area contributed by atoms with Gasteiger partial charge in [0.2, 0.25) is 0 Å². The lowest BCUT2D eigenvalue weighted by molar-refractivity contribution is -0.138. The molecule has 0 aromatic heterocycles. The first-order valence-electron chi connectivity index (χ1n) is 5.38. The van der Waals surface area contributed by atoms with Gasteiger partial charge in [-0.25, -0.2) is 0 Å². The molecule has 0 fully saturated rings. The van der Waals surface area contributed by atoms with Crippen molar-refractivity contribution in [3.8, 4) is 0 Å². The van der Waals surface area contributed by atoms with Crippen LogP contribution in [-0.4, -0.2) is 26.9 Å². The van der Waals surface area contributed by atoms with Gasteiger partial charge in [-0.05, 0) is 24.5 Å². The Morgan fingerprint density at radius 2 is 2.11 bits per heavy atom. The number of carboxylic acid groups (broad SMARTS) is 1. The molecule has 0 spiro atoms. The second kappa shape index (κ2) is 5.88. The van der Waals surface area contributed by atoms with Crippen LogP contribution in [0.2, 0.25) is 0 Å². The highest BCUT2D eigenvalue weighted by molar-refractivity contribution is 14.1. The highest BCUT2D eigenvalue weighted by Gasteiger charge is 2.41. The zero-order valence-corrected chi connectivity index (χ0v) is 13.2. The first-order chi connectivity index (χ1) is 8.55. The van der Waals surface area contributed by atoms with Gasteiger partial charge in [0.25, 0.3) is 0 Å². The van der Waals surface area contributed by atoms with E-state index in [9.17, 15) is 19.1 Å². The van der Waals surface area contributed by atoms with E-state index in [4.69, 9.17) is 10.8 Å². The third-order valence-electron chi connectivity index (χ3n) is 2.77. The molecule has 0 radical (unpaired) electrons. The summed E-state index contributed by atoms with van der Waals surface area (Å²) >= 11 is 1.70. The molecule has 0 bridgehead atoms. The molecule has 0 saturated heterocycles. The lowest BCUT2D eigenvalue weighted by Crippen LogP contribution is -2.32. The second-order valence-corrected chi connectivity index (χ2v) is 9.34. The average molecular weight is 399 g/mol. The van der Waals surface area contributed by atoms with Gasteiger partial charge in [-0.2, -0.15) is 0 Å². The summed E-state index contributed by atoms with van der Waals surface area (Å²) < 4.78 is 10.1. The number of carboxylic acids is 1. The van der Waals surface area contributed by atoms with Crippen molar-refractivity contribution in [1.29, 1.82) is 0 Å². The largest absolute Gasteiger partial charge is 0.480 e. The van der Waals surface area contributed by atoms with Crippen molar-refractivity contribution < 1.29 is 24.3 Å². The number of benzene rings is 1. The second-order valence-electron chi connectivity index (χ2n) is 4.35. The molecule has 0 saturated carbocycles. The Bertz CT molecular complexity index is 528. The topological polar surface area (TPSA) is 121 Å². The number of carbonyl (C=O) groups is 1. The lowest BCUT2D eigenvalue weighted by Gasteiger charge is -2.24. The van der Waals surface area contributed by atoms with E-state index in [1.54, 1.807) is 46.9 Å². The fraction of sp³-hybridized carbons (Fsp3) is 0.364. The van der Waals surface area contributed by atoms with Gasteiger partial charge < -0.3 is 20.6 Å². The van der Waals surface area contributed by atoms with E-state index in [2.05, 4.69) is 0 Å². The highest BCUT2D eigenvalue weighted by Crippen LogP contribution is 2.61. The van der Waals surface area contributed by atoms with Crippen LogP contribution in [0.1, 0.15) is 18.1 Å². The van der Waals surface area contributed by atoms with Gasteiger partial charge in [-0.15, -0.1) is 0 Å². The van der Waals surface area contributed by atoms with Gasteiger partial charge in [0.15, 0.2) is 0 Å². The van der Waals surface area contributed by atoms with E-state index >= 15 is 0 Å². The highest BCUT2D eigenvalue weighted by atomic mass is 127. The van der Waals surface area contributed by atoms with E-state index < -0.39 is 22.8 Å². The number of aliphatic carboxylic acids is 1. The molecule has 1 unspecified atom stereocenters. The zero-order valence-electron chi connectivity index (χ0n) is 10.2. The standard InChI is InChI=1S/C11H15INO5P/c1-11(12,19(16,17)18)8-4-2-3-7(5-8)6-9(13)10(14)15/h2-5,9H,6,13H2,1H3,(H,14,15)(H2,16,17,18)/t9-,11?/m0/s1. The van der Waals surface area contributed by atoms with Gasteiger partial charge in [-0.3, -0.25) is 9.36 Å². The normalized spacial score (nSPS) is 16.7. The smallest absolute Gasteiger partial charge is 0.345 e. The first kappa shape index (κ1) is 16.6. The molecule has 106 valence electrons. The SMILES string of the molecule is CC(I)(c1cccc(C[C@H](N)C(=O)O)c1)P(=O)(O)O. The molecular weight excluding hydrogens is 384 g/mol. The minimum Gasteiger partial charge on any atom is -0.480 e. The Kier molecular flexibility index (Phi) is 5.14. The molecular formula is C11H15INO5P. The summed E-state index contributed by atoms with van der Waals surface area (Å²) in [6.45, 7) is 1.44.